The molecule has 2 aromatic heterocycles. The van der Waals surface area contributed by atoms with Crippen molar-refractivity contribution >= 4 is 22.9 Å². The first kappa shape index (κ1) is 22.3. The fraction of sp³-hybridized carbons (Fsp3) is 0.182. The number of aromatic nitrogens is 3. The quantitative estimate of drug-likeness (QED) is 0.290. The molecular formula is C22H16ClF4N3OS. The van der Waals surface area contributed by atoms with E-state index in [2.05, 4.69) is 10.1 Å². The van der Waals surface area contributed by atoms with Crippen molar-refractivity contribution in [3.8, 4) is 39.0 Å². The molecule has 4 rings (SSSR count). The van der Waals surface area contributed by atoms with Crippen LogP contribution in [0.3, 0.4) is 0 Å². The zero-order chi connectivity index (χ0) is 23.0. The first-order valence-corrected chi connectivity index (χ1v) is 10.6. The van der Waals surface area contributed by atoms with E-state index >= 15 is 0 Å². The minimum Gasteiger partial charge on any atom is -0.484 e. The maximum atomic E-state index is 14.3. The van der Waals surface area contributed by atoms with Crippen LogP contribution < -0.4 is 4.74 Å². The Balaban J connectivity index is 1.63. The summed E-state index contributed by atoms with van der Waals surface area (Å²) in [4.78, 5) is 5.44. The van der Waals surface area contributed by atoms with Gasteiger partial charge in [-0.3, -0.25) is 0 Å². The van der Waals surface area contributed by atoms with E-state index in [9.17, 15) is 17.6 Å². The normalized spacial score (nSPS) is 11.7. The lowest BCUT2D eigenvalue weighted by atomic mass is 10.1. The molecular weight excluding hydrogens is 466 g/mol. The molecule has 0 unspecified atom stereocenters. The number of aryl methyl sites for hydroxylation is 1. The number of hydrogen-bond acceptors (Lipinski definition) is 4. The van der Waals surface area contributed by atoms with Crippen molar-refractivity contribution in [2.75, 3.05) is 6.61 Å². The molecule has 0 N–H and O–H groups in total. The van der Waals surface area contributed by atoms with E-state index in [0.717, 1.165) is 21.6 Å². The van der Waals surface area contributed by atoms with Crippen LogP contribution in [0.4, 0.5) is 17.6 Å². The van der Waals surface area contributed by atoms with Gasteiger partial charge in [0.15, 0.2) is 18.3 Å². The SMILES string of the molecule is Cc1c(-c2nc(-c3c(F)cccc3Cl)nn2C)csc1-c1ccc(OCC(F)(F)F)cc1. The second-order valence-corrected chi connectivity index (χ2v) is 8.30. The zero-order valence-electron chi connectivity index (χ0n) is 16.9. The summed E-state index contributed by atoms with van der Waals surface area (Å²) in [5, 5.41) is 6.46. The summed E-state index contributed by atoms with van der Waals surface area (Å²) in [6.45, 7) is 0.578. The lowest BCUT2D eigenvalue weighted by Gasteiger charge is -2.09. The van der Waals surface area contributed by atoms with Crippen LogP contribution in [0.1, 0.15) is 5.56 Å². The molecule has 32 heavy (non-hydrogen) atoms. The van der Waals surface area contributed by atoms with Crippen molar-refractivity contribution in [3.05, 3.63) is 64.2 Å². The van der Waals surface area contributed by atoms with Crippen molar-refractivity contribution in [2.45, 2.75) is 13.1 Å². The molecule has 0 spiro atoms. The molecule has 0 saturated heterocycles. The number of rotatable bonds is 5. The van der Waals surface area contributed by atoms with Gasteiger partial charge in [-0.1, -0.05) is 17.7 Å². The van der Waals surface area contributed by atoms with Gasteiger partial charge in [0.1, 0.15) is 11.6 Å². The number of ether oxygens (including phenoxy) is 1. The van der Waals surface area contributed by atoms with E-state index in [1.807, 2.05) is 12.3 Å². The maximum absolute atomic E-state index is 14.3. The van der Waals surface area contributed by atoms with Gasteiger partial charge in [0.2, 0.25) is 0 Å². The molecule has 0 aliphatic carbocycles. The number of alkyl halides is 3. The first-order valence-electron chi connectivity index (χ1n) is 9.38. The molecule has 4 nitrogen and oxygen atoms in total. The van der Waals surface area contributed by atoms with Crippen LogP contribution in [0.15, 0.2) is 47.8 Å². The van der Waals surface area contributed by atoms with Crippen LogP contribution in [0, 0.1) is 12.7 Å². The lowest BCUT2D eigenvalue weighted by Crippen LogP contribution is -2.19. The van der Waals surface area contributed by atoms with Gasteiger partial charge in [-0.15, -0.1) is 11.3 Å². The number of hydrogen-bond donors (Lipinski definition) is 0. The molecule has 0 aliphatic rings. The summed E-state index contributed by atoms with van der Waals surface area (Å²) < 4.78 is 57.6. The van der Waals surface area contributed by atoms with Gasteiger partial charge < -0.3 is 4.74 Å². The second-order valence-electron chi connectivity index (χ2n) is 7.01. The molecule has 0 aliphatic heterocycles. The highest BCUT2D eigenvalue weighted by Gasteiger charge is 2.28. The Morgan fingerprint density at radius 3 is 2.50 bits per heavy atom. The third kappa shape index (κ3) is 4.49. The van der Waals surface area contributed by atoms with Gasteiger partial charge in [0.25, 0.3) is 0 Å². The molecule has 0 fully saturated rings. The van der Waals surface area contributed by atoms with Crippen LogP contribution >= 0.6 is 22.9 Å². The van der Waals surface area contributed by atoms with Gasteiger partial charge in [-0.2, -0.15) is 18.3 Å². The average molecular weight is 482 g/mol. The number of benzene rings is 2. The van der Waals surface area contributed by atoms with Crippen LogP contribution in [-0.4, -0.2) is 27.5 Å². The zero-order valence-corrected chi connectivity index (χ0v) is 18.4. The highest BCUT2D eigenvalue weighted by molar-refractivity contribution is 7.14. The van der Waals surface area contributed by atoms with Gasteiger partial charge in [-0.25, -0.2) is 14.1 Å². The van der Waals surface area contributed by atoms with Crippen molar-refractivity contribution < 1.29 is 22.3 Å². The van der Waals surface area contributed by atoms with Crippen molar-refractivity contribution in [1.82, 2.24) is 14.8 Å². The van der Waals surface area contributed by atoms with Crippen LogP contribution in [0.5, 0.6) is 5.75 Å². The number of thiophene rings is 1. The molecule has 0 atom stereocenters. The molecule has 0 saturated carbocycles. The largest absolute Gasteiger partial charge is 0.484 e. The Morgan fingerprint density at radius 1 is 1.12 bits per heavy atom. The van der Waals surface area contributed by atoms with Gasteiger partial charge in [0.05, 0.1) is 10.6 Å². The topological polar surface area (TPSA) is 39.9 Å². The Labute approximate surface area is 190 Å². The predicted octanol–water partition coefficient (Wildman–Crippen LogP) is 6.92. The maximum Gasteiger partial charge on any atom is 0.422 e. The van der Waals surface area contributed by atoms with Crippen molar-refractivity contribution in [1.29, 1.82) is 0 Å². The second kappa shape index (κ2) is 8.55. The third-order valence-electron chi connectivity index (χ3n) is 4.75. The Hall–Kier alpha value is -2.91. The summed E-state index contributed by atoms with van der Waals surface area (Å²) >= 11 is 7.61. The van der Waals surface area contributed by atoms with E-state index in [1.165, 1.54) is 35.6 Å². The predicted molar refractivity (Wildman–Crippen MR) is 116 cm³/mol. The van der Waals surface area contributed by atoms with Gasteiger partial charge in [-0.05, 0) is 54.4 Å². The molecule has 10 heteroatoms. The lowest BCUT2D eigenvalue weighted by molar-refractivity contribution is -0.153. The summed E-state index contributed by atoms with van der Waals surface area (Å²) in [6, 6.07) is 10.8. The minimum absolute atomic E-state index is 0.138. The molecule has 0 bridgehead atoms. The summed E-state index contributed by atoms with van der Waals surface area (Å²) in [7, 11) is 1.71. The van der Waals surface area contributed by atoms with Crippen LogP contribution in [0.25, 0.3) is 33.2 Å². The van der Waals surface area contributed by atoms with E-state index in [4.69, 9.17) is 16.3 Å². The molecule has 2 heterocycles. The molecule has 0 amide bonds. The Kier molecular flexibility index (Phi) is 5.96. The number of nitrogens with zero attached hydrogens (tertiary/aromatic N) is 3. The van der Waals surface area contributed by atoms with Crippen molar-refractivity contribution in [3.63, 3.8) is 0 Å². The summed E-state index contributed by atoms with van der Waals surface area (Å²) in [5.41, 5.74) is 2.70. The van der Waals surface area contributed by atoms with Crippen LogP contribution in [0.2, 0.25) is 5.02 Å². The van der Waals surface area contributed by atoms with E-state index in [0.29, 0.717) is 5.82 Å². The highest BCUT2D eigenvalue weighted by Crippen LogP contribution is 2.38. The fourth-order valence-electron chi connectivity index (χ4n) is 3.23. The van der Waals surface area contributed by atoms with Gasteiger partial charge >= 0.3 is 6.18 Å². The third-order valence-corrected chi connectivity index (χ3v) is 6.19. The minimum atomic E-state index is -4.39. The van der Waals surface area contributed by atoms with E-state index in [-0.39, 0.29) is 22.2 Å². The monoisotopic (exact) mass is 481 g/mol. The molecule has 4 aromatic rings. The Morgan fingerprint density at radius 2 is 1.84 bits per heavy atom. The van der Waals surface area contributed by atoms with E-state index < -0.39 is 18.6 Å². The smallest absolute Gasteiger partial charge is 0.422 e. The fourth-order valence-corrected chi connectivity index (χ4v) is 4.55. The van der Waals surface area contributed by atoms with Gasteiger partial charge in [0, 0.05) is 22.9 Å². The average Bonchev–Trinajstić information content (AvgIpc) is 3.28. The first-order chi connectivity index (χ1) is 15.1. The summed E-state index contributed by atoms with van der Waals surface area (Å²) in [5.74, 6) is 0.360. The molecule has 2 aromatic carbocycles. The van der Waals surface area contributed by atoms with E-state index in [1.54, 1.807) is 29.9 Å². The van der Waals surface area contributed by atoms with Crippen LogP contribution in [-0.2, 0) is 7.05 Å². The molecule has 166 valence electrons. The molecule has 0 radical (unpaired) electrons. The summed E-state index contributed by atoms with van der Waals surface area (Å²) in [6.07, 6.45) is -4.39. The number of halogens is 5. The standard InChI is InChI=1S/C22H16ClF4N3OS/c1-12-15(21-28-20(29-30(21)2)18-16(23)4-3-5-17(18)24)10-32-19(12)13-6-8-14(9-7-13)31-11-22(25,26)27/h3-10H,11H2,1-2H3. The highest BCUT2D eigenvalue weighted by atomic mass is 35.5. The van der Waals surface area contributed by atoms with Crippen molar-refractivity contribution in [2.24, 2.45) is 7.05 Å². The Bertz CT molecular complexity index is 1250.